The maximum absolute atomic E-state index is 12.3. The molecule has 1 saturated heterocycles. The van der Waals surface area contributed by atoms with Crippen LogP contribution in [-0.2, 0) is 9.59 Å². The second-order valence-corrected chi connectivity index (χ2v) is 7.51. The number of carbonyl (C=O) groups is 2. The van der Waals surface area contributed by atoms with Crippen LogP contribution in [0.5, 0.6) is 5.75 Å². The molecule has 0 aromatic heterocycles. The first-order valence-electron chi connectivity index (χ1n) is 8.33. The fraction of sp³-hybridized carbons (Fsp3) is 0.150. The maximum atomic E-state index is 12.3. The van der Waals surface area contributed by atoms with Gasteiger partial charge in [-0.1, -0.05) is 29.8 Å². The number of aliphatic carboxylic acids is 1. The van der Waals surface area contributed by atoms with Crippen molar-refractivity contribution in [2.24, 2.45) is 4.99 Å². The van der Waals surface area contributed by atoms with Crippen LogP contribution in [0.1, 0.15) is 16.7 Å². The summed E-state index contributed by atoms with van der Waals surface area (Å²) >= 11 is 7.37. The predicted octanol–water partition coefficient (Wildman–Crippen LogP) is 4.31. The number of hydrogen-bond acceptors (Lipinski definition) is 5. The first kappa shape index (κ1) is 20.0. The number of carbonyl (C=O) groups excluding carboxylic acids is 1. The summed E-state index contributed by atoms with van der Waals surface area (Å²) in [5.74, 6) is -1.06. The number of amides is 1. The lowest BCUT2D eigenvalue weighted by Gasteiger charge is -2.06. The van der Waals surface area contributed by atoms with Gasteiger partial charge in [0.25, 0.3) is 5.91 Å². The fourth-order valence-corrected chi connectivity index (χ4v) is 3.54. The Labute approximate surface area is 171 Å². The van der Waals surface area contributed by atoms with Gasteiger partial charge in [0.2, 0.25) is 0 Å². The molecule has 0 radical (unpaired) electrons. The van der Waals surface area contributed by atoms with Crippen LogP contribution in [0, 0.1) is 13.8 Å². The van der Waals surface area contributed by atoms with Gasteiger partial charge in [-0.15, -0.1) is 0 Å². The molecule has 0 aliphatic carbocycles. The van der Waals surface area contributed by atoms with Crippen molar-refractivity contribution in [3.8, 4) is 5.75 Å². The third-order valence-corrected chi connectivity index (χ3v) is 5.26. The highest BCUT2D eigenvalue weighted by molar-refractivity contribution is 8.18. The third-order valence-electron chi connectivity index (χ3n) is 4.05. The fourth-order valence-electron chi connectivity index (χ4n) is 2.46. The summed E-state index contributed by atoms with van der Waals surface area (Å²) in [6.45, 7) is 3.53. The number of aliphatic imine (C=N–C) groups is 1. The first-order chi connectivity index (χ1) is 13.3. The molecule has 1 amide bonds. The predicted molar refractivity (Wildman–Crippen MR) is 111 cm³/mol. The number of carboxylic acids is 1. The molecule has 0 spiro atoms. The van der Waals surface area contributed by atoms with Gasteiger partial charge in [0.05, 0.1) is 15.6 Å². The summed E-state index contributed by atoms with van der Waals surface area (Å²) in [7, 11) is 0. The summed E-state index contributed by atoms with van der Waals surface area (Å²) in [6.07, 6.45) is 1.69. The Morgan fingerprint density at radius 2 is 2.11 bits per heavy atom. The Bertz CT molecular complexity index is 1020. The molecule has 6 nitrogen and oxygen atoms in total. The van der Waals surface area contributed by atoms with Crippen molar-refractivity contribution < 1.29 is 19.4 Å². The molecule has 2 aromatic carbocycles. The number of carboxylic acid groups (broad SMARTS) is 1. The van der Waals surface area contributed by atoms with E-state index in [0.29, 0.717) is 15.6 Å². The summed E-state index contributed by atoms with van der Waals surface area (Å²) in [4.78, 5) is 27.9. The van der Waals surface area contributed by atoms with E-state index < -0.39 is 12.6 Å². The summed E-state index contributed by atoms with van der Waals surface area (Å²) in [5, 5.41) is 12.2. The Morgan fingerprint density at radius 1 is 1.32 bits per heavy atom. The van der Waals surface area contributed by atoms with E-state index in [9.17, 15) is 9.59 Å². The number of thioether (sulfide) groups is 1. The second kappa shape index (κ2) is 8.50. The van der Waals surface area contributed by atoms with Crippen LogP contribution in [-0.4, -0.2) is 28.8 Å². The topological polar surface area (TPSA) is 88.0 Å². The number of ether oxygens (including phenoxy) is 1. The quantitative estimate of drug-likeness (QED) is 0.709. The first-order valence-corrected chi connectivity index (χ1v) is 9.53. The average Bonchev–Trinajstić information content (AvgIpc) is 2.97. The van der Waals surface area contributed by atoms with Crippen molar-refractivity contribution in [1.29, 1.82) is 0 Å². The van der Waals surface area contributed by atoms with Crippen LogP contribution < -0.4 is 10.1 Å². The summed E-state index contributed by atoms with van der Waals surface area (Å²) in [5.41, 5.74) is 3.70. The van der Waals surface area contributed by atoms with Crippen molar-refractivity contribution in [3.63, 3.8) is 0 Å². The van der Waals surface area contributed by atoms with Gasteiger partial charge in [0, 0.05) is 0 Å². The van der Waals surface area contributed by atoms with Crippen LogP contribution in [0.15, 0.2) is 46.3 Å². The van der Waals surface area contributed by atoms with Gasteiger partial charge in [-0.05, 0) is 66.6 Å². The van der Waals surface area contributed by atoms with Gasteiger partial charge in [0.1, 0.15) is 5.75 Å². The molecule has 0 atom stereocenters. The van der Waals surface area contributed by atoms with Gasteiger partial charge in [0.15, 0.2) is 11.8 Å². The van der Waals surface area contributed by atoms with Crippen LogP contribution in [0.25, 0.3) is 6.08 Å². The van der Waals surface area contributed by atoms with Crippen molar-refractivity contribution in [2.45, 2.75) is 13.8 Å². The molecule has 3 rings (SSSR count). The van der Waals surface area contributed by atoms with Gasteiger partial charge >= 0.3 is 5.97 Å². The minimum atomic E-state index is -1.09. The molecule has 1 heterocycles. The largest absolute Gasteiger partial charge is 0.480 e. The summed E-state index contributed by atoms with van der Waals surface area (Å²) in [6, 6.07) is 10.7. The number of aryl methyl sites for hydroxylation is 1. The molecular formula is C20H17ClN2O4S. The number of hydrogen-bond donors (Lipinski definition) is 2. The molecule has 0 saturated carbocycles. The van der Waals surface area contributed by atoms with Crippen molar-refractivity contribution in [3.05, 3.63) is 63.0 Å². The van der Waals surface area contributed by atoms with Gasteiger partial charge in [-0.2, -0.15) is 0 Å². The molecule has 1 aliphatic rings. The van der Waals surface area contributed by atoms with Crippen LogP contribution >= 0.6 is 23.4 Å². The van der Waals surface area contributed by atoms with E-state index in [0.717, 1.165) is 16.8 Å². The van der Waals surface area contributed by atoms with Gasteiger partial charge in [-0.3, -0.25) is 4.79 Å². The molecule has 28 heavy (non-hydrogen) atoms. The standard InChI is InChI=1S/C20H17ClN2O4S/c1-11-4-3-5-15(12(11)2)22-20-23-19(26)17(28-20)9-13-6-7-16(14(21)8-13)27-10-18(24)25/h3-9H,10H2,1-2H3,(H,24,25)(H,22,23,26)/b17-9-. The molecule has 2 aromatic rings. The van der Waals surface area contributed by atoms with E-state index in [2.05, 4.69) is 10.3 Å². The van der Waals surface area contributed by atoms with Crippen LogP contribution in [0.2, 0.25) is 5.02 Å². The van der Waals surface area contributed by atoms with Crippen molar-refractivity contribution in [1.82, 2.24) is 5.32 Å². The number of halogens is 1. The van der Waals surface area contributed by atoms with E-state index in [4.69, 9.17) is 21.4 Å². The highest BCUT2D eigenvalue weighted by Crippen LogP contribution is 2.31. The normalized spacial score (nSPS) is 16.5. The smallest absolute Gasteiger partial charge is 0.341 e. The highest BCUT2D eigenvalue weighted by Gasteiger charge is 2.24. The molecule has 0 bridgehead atoms. The summed E-state index contributed by atoms with van der Waals surface area (Å²) < 4.78 is 5.09. The van der Waals surface area contributed by atoms with Crippen LogP contribution in [0.3, 0.4) is 0 Å². The average molecular weight is 417 g/mol. The van der Waals surface area contributed by atoms with E-state index in [1.54, 1.807) is 24.3 Å². The number of nitrogens with one attached hydrogen (secondary N) is 1. The Kier molecular flexibility index (Phi) is 6.06. The zero-order valence-electron chi connectivity index (χ0n) is 15.2. The molecule has 1 aliphatic heterocycles. The third kappa shape index (κ3) is 4.74. The zero-order chi connectivity index (χ0) is 20.3. The van der Waals surface area contributed by atoms with Gasteiger partial charge < -0.3 is 15.2 Å². The minimum absolute atomic E-state index is 0.239. The lowest BCUT2D eigenvalue weighted by molar-refractivity contribution is -0.139. The minimum Gasteiger partial charge on any atom is -0.480 e. The zero-order valence-corrected chi connectivity index (χ0v) is 16.7. The lowest BCUT2D eigenvalue weighted by atomic mass is 10.1. The maximum Gasteiger partial charge on any atom is 0.341 e. The van der Waals surface area contributed by atoms with E-state index in [-0.39, 0.29) is 16.7 Å². The van der Waals surface area contributed by atoms with Crippen LogP contribution in [0.4, 0.5) is 5.69 Å². The number of rotatable bonds is 5. The Balaban J connectivity index is 1.79. The van der Waals surface area contributed by atoms with Gasteiger partial charge in [-0.25, -0.2) is 9.79 Å². The Hall–Kier alpha value is -2.77. The highest BCUT2D eigenvalue weighted by atomic mass is 35.5. The molecule has 2 N–H and O–H groups in total. The molecule has 8 heteroatoms. The molecule has 144 valence electrons. The molecular weight excluding hydrogens is 400 g/mol. The number of benzene rings is 2. The Morgan fingerprint density at radius 3 is 2.82 bits per heavy atom. The van der Waals surface area contributed by atoms with E-state index in [1.165, 1.54) is 11.8 Å². The SMILES string of the molecule is Cc1cccc(N=C2NC(=O)/C(=C/c3ccc(OCC(=O)O)c(Cl)c3)S2)c1C. The second-order valence-electron chi connectivity index (χ2n) is 6.07. The van der Waals surface area contributed by atoms with E-state index in [1.807, 2.05) is 32.0 Å². The monoisotopic (exact) mass is 416 g/mol. The van der Waals surface area contributed by atoms with Crippen molar-refractivity contribution >= 4 is 52.2 Å². The molecule has 1 fully saturated rings. The number of amidine groups is 1. The number of nitrogens with zero attached hydrogens (tertiary/aromatic N) is 1. The van der Waals surface area contributed by atoms with Crippen molar-refractivity contribution in [2.75, 3.05) is 6.61 Å². The molecule has 0 unspecified atom stereocenters. The van der Waals surface area contributed by atoms with E-state index >= 15 is 0 Å². The lowest BCUT2D eigenvalue weighted by Crippen LogP contribution is -2.19.